The largest absolute Gasteiger partial charge is 0.316 e. The molecular weight excluding hydrogens is 476 g/mol. The maximum atomic E-state index is 5.79. The van der Waals surface area contributed by atoms with Crippen LogP contribution in [0, 0.1) is 12.8 Å². The third-order valence-electron chi connectivity index (χ3n) is 6.79. The van der Waals surface area contributed by atoms with Crippen molar-refractivity contribution in [2.24, 2.45) is 22.4 Å². The zero-order valence-electron chi connectivity index (χ0n) is 26.8. The van der Waals surface area contributed by atoms with E-state index in [9.17, 15) is 0 Å². The maximum absolute atomic E-state index is 5.79. The van der Waals surface area contributed by atoms with Crippen molar-refractivity contribution >= 4 is 18.4 Å². The van der Waals surface area contributed by atoms with Crippen LogP contribution < -0.4 is 21.9 Å². The SMILES string of the molecule is C=C(C)/C=c1/c(C)ccc/c1=C/CC/C=C\C1=C(C)C=NC(N2CCC(CC(N)N)CC2)C1.CC.CC.CC. The lowest BCUT2D eigenvalue weighted by molar-refractivity contribution is 0.129. The van der Waals surface area contributed by atoms with E-state index in [1.807, 2.05) is 48.5 Å². The smallest absolute Gasteiger partial charge is 0.106 e. The van der Waals surface area contributed by atoms with Gasteiger partial charge in [0, 0.05) is 25.7 Å². The van der Waals surface area contributed by atoms with Gasteiger partial charge in [0.15, 0.2) is 0 Å². The van der Waals surface area contributed by atoms with Crippen molar-refractivity contribution in [3.05, 3.63) is 69.7 Å². The Morgan fingerprint density at radius 2 is 1.69 bits per heavy atom. The van der Waals surface area contributed by atoms with E-state index in [0.717, 1.165) is 44.3 Å². The normalized spacial score (nSPS) is 18.8. The van der Waals surface area contributed by atoms with Gasteiger partial charge in [-0.2, -0.15) is 0 Å². The number of unbranched alkanes of at least 4 members (excludes halogenated alkanes) is 1. The summed E-state index contributed by atoms with van der Waals surface area (Å²) in [5, 5.41) is 2.58. The minimum Gasteiger partial charge on any atom is -0.316 e. The van der Waals surface area contributed by atoms with Crippen LogP contribution in [0.1, 0.15) is 99.5 Å². The number of dihydropyridines is 1. The summed E-state index contributed by atoms with van der Waals surface area (Å²) in [5.74, 6) is 0.656. The van der Waals surface area contributed by atoms with Crippen molar-refractivity contribution in [3.63, 3.8) is 0 Å². The van der Waals surface area contributed by atoms with Crippen molar-refractivity contribution in [1.82, 2.24) is 4.90 Å². The van der Waals surface area contributed by atoms with Crippen LogP contribution in [0.2, 0.25) is 0 Å². The number of allylic oxidation sites excluding steroid dienone is 4. The van der Waals surface area contributed by atoms with Gasteiger partial charge in [-0.1, -0.05) is 96.2 Å². The highest BCUT2D eigenvalue weighted by atomic mass is 15.2. The first kappa shape index (κ1) is 36.7. The van der Waals surface area contributed by atoms with E-state index in [0.29, 0.717) is 5.92 Å². The lowest BCUT2D eigenvalue weighted by Crippen LogP contribution is -2.43. The second-order valence-electron chi connectivity index (χ2n) is 9.80. The molecule has 1 aromatic carbocycles. The Balaban J connectivity index is 0.00000225. The third-order valence-corrected chi connectivity index (χ3v) is 6.79. The minimum absolute atomic E-state index is 0.185. The fourth-order valence-electron chi connectivity index (χ4n) is 4.87. The number of benzene rings is 1. The highest BCUT2D eigenvalue weighted by Gasteiger charge is 2.26. The Morgan fingerprint density at radius 3 is 2.28 bits per heavy atom. The molecule has 1 saturated heterocycles. The second kappa shape index (κ2) is 21.5. The Labute approximate surface area is 241 Å². The molecule has 1 fully saturated rings. The molecule has 0 aromatic heterocycles. The lowest BCUT2D eigenvalue weighted by Gasteiger charge is -2.37. The van der Waals surface area contributed by atoms with Crippen LogP contribution in [-0.4, -0.2) is 36.5 Å². The van der Waals surface area contributed by atoms with Gasteiger partial charge in [0.1, 0.15) is 6.17 Å². The monoisotopic (exact) mass is 536 g/mol. The van der Waals surface area contributed by atoms with Gasteiger partial charge in [0.25, 0.3) is 0 Å². The summed E-state index contributed by atoms with van der Waals surface area (Å²) in [6, 6.07) is 6.50. The van der Waals surface area contributed by atoms with Gasteiger partial charge in [0.05, 0.1) is 6.17 Å². The molecular formula is C35H60N4. The number of nitrogens with two attached hydrogens (primary N) is 2. The number of likely N-dealkylation sites (tertiary alicyclic amines) is 1. The number of piperidine rings is 1. The van der Waals surface area contributed by atoms with Crippen LogP contribution in [0.4, 0.5) is 0 Å². The van der Waals surface area contributed by atoms with Crippen molar-refractivity contribution < 1.29 is 0 Å². The number of aryl methyl sites for hydroxylation is 1. The van der Waals surface area contributed by atoms with E-state index >= 15 is 0 Å². The van der Waals surface area contributed by atoms with Gasteiger partial charge in [-0.05, 0) is 85.9 Å². The highest BCUT2D eigenvalue weighted by molar-refractivity contribution is 5.81. The van der Waals surface area contributed by atoms with Crippen LogP contribution in [0.15, 0.2) is 58.6 Å². The Kier molecular flexibility index (Phi) is 20.3. The van der Waals surface area contributed by atoms with Crippen molar-refractivity contribution in [2.75, 3.05) is 13.1 Å². The standard InChI is InChI=1S/C29H42N4.3C2H6/c1-21(2)17-27-22(3)9-8-12-25(27)10-6-5-7-11-26-19-29(32-20-23(26)4)33-15-13-24(14-16-33)18-28(30)31;3*1-2/h7-12,17,20,24,28-29H,1,5-6,13-16,18-19,30-31H2,2-4H3;3*1-2H3/b11-7-,25-10-,27-17-;;;. The van der Waals surface area contributed by atoms with Gasteiger partial charge >= 0.3 is 0 Å². The number of nitrogens with zero attached hydrogens (tertiary/aromatic N) is 2. The molecule has 4 heteroatoms. The molecule has 0 radical (unpaired) electrons. The predicted octanol–water partition coefficient (Wildman–Crippen LogP) is 7.01. The van der Waals surface area contributed by atoms with Gasteiger partial charge in [-0.25, -0.2) is 0 Å². The Hall–Kier alpha value is -2.27. The van der Waals surface area contributed by atoms with Crippen LogP contribution in [-0.2, 0) is 0 Å². The quantitative estimate of drug-likeness (QED) is 0.277. The molecule has 3 rings (SSSR count). The molecule has 0 spiro atoms. The summed E-state index contributed by atoms with van der Waals surface area (Å²) in [4.78, 5) is 7.37. The predicted molar refractivity (Wildman–Crippen MR) is 177 cm³/mol. The molecule has 2 aliphatic heterocycles. The van der Waals surface area contributed by atoms with Crippen molar-refractivity contribution in [3.8, 4) is 0 Å². The van der Waals surface area contributed by atoms with E-state index in [4.69, 9.17) is 16.5 Å². The first-order chi connectivity index (χ1) is 18.8. The second-order valence-corrected chi connectivity index (χ2v) is 9.80. The summed E-state index contributed by atoms with van der Waals surface area (Å²) in [6.07, 6.45) is 17.6. The zero-order chi connectivity index (χ0) is 29.8. The number of aliphatic imine (C=N–C) groups is 1. The molecule has 2 heterocycles. The van der Waals surface area contributed by atoms with E-state index < -0.39 is 0 Å². The van der Waals surface area contributed by atoms with Gasteiger partial charge in [-0.15, -0.1) is 0 Å². The summed E-state index contributed by atoms with van der Waals surface area (Å²) in [5.41, 5.74) is 16.7. The first-order valence-corrected chi connectivity index (χ1v) is 15.4. The molecule has 220 valence electrons. The van der Waals surface area contributed by atoms with E-state index in [-0.39, 0.29) is 12.3 Å². The van der Waals surface area contributed by atoms with Crippen LogP contribution in [0.5, 0.6) is 0 Å². The fraction of sp³-hybridized carbons (Fsp3) is 0.571. The fourth-order valence-corrected chi connectivity index (χ4v) is 4.87. The molecule has 0 amide bonds. The molecule has 0 bridgehead atoms. The van der Waals surface area contributed by atoms with E-state index in [2.05, 4.69) is 74.0 Å². The summed E-state index contributed by atoms with van der Waals surface area (Å²) in [7, 11) is 0. The summed E-state index contributed by atoms with van der Waals surface area (Å²) >= 11 is 0. The average Bonchev–Trinajstić information content (AvgIpc) is 2.94. The number of hydrogen-bond donors (Lipinski definition) is 2. The molecule has 1 unspecified atom stereocenters. The summed E-state index contributed by atoms with van der Waals surface area (Å²) < 4.78 is 0. The Morgan fingerprint density at radius 1 is 1.05 bits per heavy atom. The molecule has 4 N–H and O–H groups in total. The summed E-state index contributed by atoms with van der Waals surface area (Å²) in [6.45, 7) is 24.6. The molecule has 4 nitrogen and oxygen atoms in total. The number of hydrogen-bond acceptors (Lipinski definition) is 4. The lowest BCUT2D eigenvalue weighted by atomic mass is 9.91. The van der Waals surface area contributed by atoms with Gasteiger partial charge in [-0.3, -0.25) is 9.89 Å². The average molecular weight is 537 g/mol. The molecule has 0 aliphatic carbocycles. The molecule has 1 atom stereocenters. The van der Waals surface area contributed by atoms with Crippen LogP contribution in [0.3, 0.4) is 0 Å². The maximum Gasteiger partial charge on any atom is 0.106 e. The molecule has 1 aromatic rings. The van der Waals surface area contributed by atoms with Crippen molar-refractivity contribution in [2.45, 2.75) is 113 Å². The molecule has 2 aliphatic rings. The zero-order valence-corrected chi connectivity index (χ0v) is 26.8. The van der Waals surface area contributed by atoms with E-state index in [1.165, 1.54) is 40.0 Å². The number of rotatable bonds is 8. The first-order valence-electron chi connectivity index (χ1n) is 15.4. The minimum atomic E-state index is -0.185. The molecule has 39 heavy (non-hydrogen) atoms. The van der Waals surface area contributed by atoms with Gasteiger partial charge in [0.2, 0.25) is 0 Å². The molecule has 0 saturated carbocycles. The highest BCUT2D eigenvalue weighted by Crippen LogP contribution is 2.27. The van der Waals surface area contributed by atoms with Crippen LogP contribution >= 0.6 is 0 Å². The third kappa shape index (κ3) is 13.6. The van der Waals surface area contributed by atoms with Crippen molar-refractivity contribution in [1.29, 1.82) is 0 Å². The van der Waals surface area contributed by atoms with Crippen LogP contribution in [0.25, 0.3) is 12.2 Å². The van der Waals surface area contributed by atoms with E-state index in [1.54, 1.807) is 0 Å². The van der Waals surface area contributed by atoms with Gasteiger partial charge < -0.3 is 11.5 Å². The topological polar surface area (TPSA) is 67.6 Å². The Bertz CT molecular complexity index is 1020.